The molecule has 0 aliphatic carbocycles. The van der Waals surface area contributed by atoms with E-state index >= 15 is 0 Å². The first-order chi connectivity index (χ1) is 9.03. The lowest BCUT2D eigenvalue weighted by Crippen LogP contribution is -2.28. The van der Waals surface area contributed by atoms with E-state index < -0.39 is 16.1 Å². The van der Waals surface area contributed by atoms with E-state index in [9.17, 15) is 8.42 Å². The van der Waals surface area contributed by atoms with Gasteiger partial charge in [0.05, 0.1) is 10.0 Å². The van der Waals surface area contributed by atoms with Gasteiger partial charge in [0, 0.05) is 13.7 Å². The Morgan fingerprint density at radius 3 is 2.79 bits per heavy atom. The van der Waals surface area contributed by atoms with Gasteiger partial charge in [-0.25, -0.2) is 13.1 Å². The third-order valence-electron chi connectivity index (χ3n) is 2.42. The normalized spacial score (nSPS) is 13.6. The molecule has 0 saturated carbocycles. The monoisotopic (exact) mass is 365 g/mol. The van der Waals surface area contributed by atoms with E-state index in [1.807, 2.05) is 0 Å². The highest BCUT2D eigenvalue weighted by Gasteiger charge is 2.20. The van der Waals surface area contributed by atoms with Crippen LogP contribution in [0, 0.1) is 0 Å². The van der Waals surface area contributed by atoms with Crippen LogP contribution in [-0.4, -0.2) is 22.1 Å². The molecule has 2 rings (SSSR count). The van der Waals surface area contributed by atoms with Gasteiger partial charge in [-0.3, -0.25) is 0 Å². The van der Waals surface area contributed by atoms with Gasteiger partial charge in [-0.1, -0.05) is 0 Å². The first-order valence-electron chi connectivity index (χ1n) is 5.34. The number of hydrogen-bond donors (Lipinski definition) is 1. The highest BCUT2D eigenvalue weighted by Crippen LogP contribution is 2.26. The third kappa shape index (κ3) is 3.67. The molecule has 2 aromatic heterocycles. The van der Waals surface area contributed by atoms with Crippen molar-refractivity contribution in [3.05, 3.63) is 40.1 Å². The molecule has 2 aromatic rings. The van der Waals surface area contributed by atoms with E-state index in [0.717, 1.165) is 15.1 Å². The molecule has 0 amide bonds. The van der Waals surface area contributed by atoms with Gasteiger partial charge in [-0.05, 0) is 40.2 Å². The van der Waals surface area contributed by atoms with Crippen LogP contribution in [0.2, 0.25) is 0 Å². The van der Waals surface area contributed by atoms with Crippen molar-refractivity contribution >= 4 is 37.3 Å². The van der Waals surface area contributed by atoms with E-state index in [0.29, 0.717) is 5.76 Å². The number of methoxy groups -OCH3 is 1. The molecule has 19 heavy (non-hydrogen) atoms. The van der Waals surface area contributed by atoms with Crippen molar-refractivity contribution in [3.63, 3.8) is 0 Å². The third-order valence-corrected chi connectivity index (χ3v) is 5.96. The van der Waals surface area contributed by atoms with Crippen molar-refractivity contribution in [1.29, 1.82) is 0 Å². The number of ether oxygens (including phenoxy) is 1. The van der Waals surface area contributed by atoms with E-state index in [1.165, 1.54) is 13.4 Å². The van der Waals surface area contributed by atoms with E-state index in [-0.39, 0.29) is 10.8 Å². The summed E-state index contributed by atoms with van der Waals surface area (Å²) < 4.78 is 38.0. The zero-order chi connectivity index (χ0) is 13.9. The summed E-state index contributed by atoms with van der Waals surface area (Å²) in [7, 11) is -2.02. The standard InChI is InChI=1S/C11H12BrNO4S2/c1-16-9(8-3-2-6-17-8)7-13-19(14,15)11-5-4-10(12)18-11/h2-6,9,13H,7H2,1H3. The SMILES string of the molecule is COC(CNS(=O)(=O)c1ccc(Br)s1)c1ccco1. The molecule has 2 heterocycles. The molecule has 1 unspecified atom stereocenters. The van der Waals surface area contributed by atoms with Crippen LogP contribution in [0.25, 0.3) is 0 Å². The topological polar surface area (TPSA) is 68.5 Å². The van der Waals surface area contributed by atoms with Crippen LogP contribution in [0.1, 0.15) is 11.9 Å². The van der Waals surface area contributed by atoms with Crippen molar-refractivity contribution in [2.45, 2.75) is 10.3 Å². The fourth-order valence-electron chi connectivity index (χ4n) is 1.47. The fourth-order valence-corrected chi connectivity index (χ4v) is 4.56. The van der Waals surface area contributed by atoms with E-state index in [4.69, 9.17) is 9.15 Å². The molecule has 1 N–H and O–H groups in total. The Hall–Kier alpha value is -0.670. The lowest BCUT2D eigenvalue weighted by Gasteiger charge is -2.13. The van der Waals surface area contributed by atoms with Gasteiger partial charge in [-0.15, -0.1) is 11.3 Å². The van der Waals surface area contributed by atoms with Gasteiger partial charge in [-0.2, -0.15) is 0 Å². The molecular weight excluding hydrogens is 354 g/mol. The molecule has 0 bridgehead atoms. The summed E-state index contributed by atoms with van der Waals surface area (Å²) in [6.07, 6.45) is 1.07. The Morgan fingerprint density at radius 1 is 1.47 bits per heavy atom. The average Bonchev–Trinajstić information content (AvgIpc) is 3.01. The smallest absolute Gasteiger partial charge is 0.250 e. The lowest BCUT2D eigenvalue weighted by molar-refractivity contribution is 0.0878. The number of hydrogen-bond acceptors (Lipinski definition) is 5. The lowest BCUT2D eigenvalue weighted by atomic mass is 10.3. The summed E-state index contributed by atoms with van der Waals surface area (Å²) in [6, 6.07) is 6.71. The minimum absolute atomic E-state index is 0.113. The number of thiophene rings is 1. The molecule has 0 aliphatic rings. The van der Waals surface area contributed by atoms with Crippen molar-refractivity contribution < 1.29 is 17.6 Å². The zero-order valence-electron chi connectivity index (χ0n) is 10.00. The molecule has 0 fully saturated rings. The number of halogens is 1. The summed E-state index contributed by atoms with van der Waals surface area (Å²) in [6.45, 7) is 0.113. The molecule has 1 atom stereocenters. The Balaban J connectivity index is 2.05. The van der Waals surface area contributed by atoms with Crippen molar-refractivity contribution in [3.8, 4) is 0 Å². The van der Waals surface area contributed by atoms with Crippen molar-refractivity contribution in [2.24, 2.45) is 0 Å². The van der Waals surface area contributed by atoms with Gasteiger partial charge < -0.3 is 9.15 Å². The van der Waals surface area contributed by atoms with Crippen LogP contribution >= 0.6 is 27.3 Å². The summed E-state index contributed by atoms with van der Waals surface area (Å²) in [5, 5.41) is 0. The Kier molecular flexibility index (Phi) is 4.80. The number of sulfonamides is 1. The predicted molar refractivity (Wildman–Crippen MR) is 75.7 cm³/mol. The van der Waals surface area contributed by atoms with Gasteiger partial charge in [0.1, 0.15) is 16.1 Å². The van der Waals surface area contributed by atoms with Crippen LogP contribution < -0.4 is 4.72 Å². The minimum atomic E-state index is -3.52. The molecule has 5 nitrogen and oxygen atoms in total. The molecule has 0 radical (unpaired) electrons. The molecule has 0 spiro atoms. The van der Waals surface area contributed by atoms with Crippen LogP contribution in [0.4, 0.5) is 0 Å². The average molecular weight is 366 g/mol. The van der Waals surface area contributed by atoms with Gasteiger partial charge in [0.2, 0.25) is 10.0 Å². The molecule has 0 saturated heterocycles. The minimum Gasteiger partial charge on any atom is -0.467 e. The highest BCUT2D eigenvalue weighted by molar-refractivity contribution is 9.11. The largest absolute Gasteiger partial charge is 0.467 e. The van der Waals surface area contributed by atoms with Crippen LogP contribution in [0.5, 0.6) is 0 Å². The second kappa shape index (κ2) is 6.19. The quantitative estimate of drug-likeness (QED) is 0.854. The molecule has 104 valence electrons. The molecule has 0 aliphatic heterocycles. The van der Waals surface area contributed by atoms with Crippen LogP contribution in [0.15, 0.2) is 42.9 Å². The van der Waals surface area contributed by atoms with E-state index in [2.05, 4.69) is 20.7 Å². The summed E-state index contributed by atoms with van der Waals surface area (Å²) >= 11 is 4.39. The highest BCUT2D eigenvalue weighted by atomic mass is 79.9. The maximum Gasteiger partial charge on any atom is 0.250 e. The molecule has 8 heteroatoms. The Labute approximate surface area is 123 Å². The zero-order valence-corrected chi connectivity index (χ0v) is 13.2. The number of furan rings is 1. The maximum atomic E-state index is 12.0. The summed E-state index contributed by atoms with van der Waals surface area (Å²) in [5.74, 6) is 0.581. The fraction of sp³-hybridized carbons (Fsp3) is 0.273. The Bertz CT molecular complexity index is 621. The predicted octanol–water partition coefficient (Wildman–Crippen LogP) is 2.77. The number of nitrogens with one attached hydrogen (secondary N) is 1. The maximum absolute atomic E-state index is 12.0. The summed E-state index contributed by atoms with van der Waals surface area (Å²) in [4.78, 5) is 0. The molecular formula is C11H12BrNO4S2. The van der Waals surface area contributed by atoms with Crippen molar-refractivity contribution in [2.75, 3.05) is 13.7 Å². The summed E-state index contributed by atoms with van der Waals surface area (Å²) in [5.41, 5.74) is 0. The van der Waals surface area contributed by atoms with Gasteiger partial charge in [0.15, 0.2) is 0 Å². The Morgan fingerprint density at radius 2 is 2.26 bits per heavy atom. The second-order valence-electron chi connectivity index (χ2n) is 3.65. The van der Waals surface area contributed by atoms with Crippen molar-refractivity contribution in [1.82, 2.24) is 4.72 Å². The first-order valence-corrected chi connectivity index (χ1v) is 8.43. The van der Waals surface area contributed by atoms with Gasteiger partial charge in [0.25, 0.3) is 0 Å². The second-order valence-corrected chi connectivity index (χ2v) is 8.11. The first kappa shape index (κ1) is 14.7. The van der Waals surface area contributed by atoms with Crippen LogP contribution in [0.3, 0.4) is 0 Å². The van der Waals surface area contributed by atoms with Crippen LogP contribution in [-0.2, 0) is 14.8 Å². The van der Waals surface area contributed by atoms with Gasteiger partial charge >= 0.3 is 0 Å². The molecule has 0 aromatic carbocycles. The van der Waals surface area contributed by atoms with E-state index in [1.54, 1.807) is 24.3 Å². The number of rotatable bonds is 6.